The number of nitrogens with one attached hydrogen (secondary N) is 2. The third kappa shape index (κ3) is 3.92. The van der Waals surface area contributed by atoms with Gasteiger partial charge in [-0.25, -0.2) is 4.79 Å². The first-order valence-electron chi connectivity index (χ1n) is 7.17. The minimum atomic E-state index is -1.05. The summed E-state index contributed by atoms with van der Waals surface area (Å²) in [6, 6.07) is 3.07. The molecular weight excluding hydrogens is 300 g/mol. The van der Waals surface area contributed by atoms with E-state index in [-0.39, 0.29) is 11.6 Å². The van der Waals surface area contributed by atoms with Gasteiger partial charge in [-0.1, -0.05) is 6.92 Å². The molecule has 0 spiro atoms. The Labute approximate surface area is 133 Å². The molecule has 0 fully saturated rings. The Hall–Kier alpha value is -2.74. The molecule has 0 bridgehead atoms. The van der Waals surface area contributed by atoms with Crippen molar-refractivity contribution < 1.29 is 19.5 Å². The van der Waals surface area contributed by atoms with Crippen molar-refractivity contribution in [1.82, 2.24) is 9.13 Å². The van der Waals surface area contributed by atoms with Crippen molar-refractivity contribution >= 4 is 23.3 Å². The highest BCUT2D eigenvalue weighted by atomic mass is 16.6. The van der Waals surface area contributed by atoms with Gasteiger partial charge in [0.15, 0.2) is 0 Å². The van der Waals surface area contributed by atoms with Gasteiger partial charge >= 0.3 is 5.97 Å². The van der Waals surface area contributed by atoms with Crippen LogP contribution in [0.3, 0.4) is 0 Å². The van der Waals surface area contributed by atoms with E-state index in [2.05, 4.69) is 10.8 Å². The van der Waals surface area contributed by atoms with Crippen molar-refractivity contribution in [1.29, 1.82) is 0 Å². The molecule has 0 radical (unpaired) electrons. The zero-order valence-electron chi connectivity index (χ0n) is 13.3. The zero-order valence-corrected chi connectivity index (χ0v) is 13.3. The predicted octanol–water partition coefficient (Wildman–Crippen LogP) is 2.07. The summed E-state index contributed by atoms with van der Waals surface area (Å²) in [7, 11) is 3.35. The van der Waals surface area contributed by atoms with Gasteiger partial charge in [0.25, 0.3) is 5.91 Å². The lowest BCUT2D eigenvalue weighted by Gasteiger charge is -2.03. The van der Waals surface area contributed by atoms with Crippen LogP contribution >= 0.6 is 0 Å². The number of carbonyl (C=O) groups excluding carboxylic acids is 1. The zero-order chi connectivity index (χ0) is 17.0. The van der Waals surface area contributed by atoms with Crippen LogP contribution < -0.4 is 10.8 Å². The summed E-state index contributed by atoms with van der Waals surface area (Å²) in [5.41, 5.74) is 4.39. The second-order valence-corrected chi connectivity index (χ2v) is 5.16. The third-order valence-corrected chi connectivity index (χ3v) is 3.22. The second kappa shape index (κ2) is 7.01. The van der Waals surface area contributed by atoms with Crippen LogP contribution in [0.4, 0.5) is 11.4 Å². The summed E-state index contributed by atoms with van der Waals surface area (Å²) < 4.78 is 3.10. The van der Waals surface area contributed by atoms with Gasteiger partial charge in [-0.05, 0) is 18.6 Å². The number of hydrogen-bond acceptors (Lipinski definition) is 4. The predicted molar refractivity (Wildman–Crippen MR) is 85.6 cm³/mol. The van der Waals surface area contributed by atoms with Crippen molar-refractivity contribution in [3.63, 3.8) is 0 Å². The molecule has 124 valence electrons. The summed E-state index contributed by atoms with van der Waals surface area (Å²) in [6.45, 7) is 2.56. The van der Waals surface area contributed by atoms with Crippen LogP contribution in [-0.2, 0) is 18.9 Å². The van der Waals surface area contributed by atoms with E-state index in [1.807, 2.05) is 6.92 Å². The quantitative estimate of drug-likeness (QED) is 0.536. The normalized spacial score (nSPS) is 10.6. The van der Waals surface area contributed by atoms with Gasteiger partial charge in [-0.3, -0.25) is 15.1 Å². The Kier molecular flexibility index (Phi) is 5.07. The number of anilines is 2. The van der Waals surface area contributed by atoms with Gasteiger partial charge < -0.3 is 19.6 Å². The highest BCUT2D eigenvalue weighted by Crippen LogP contribution is 2.17. The summed E-state index contributed by atoms with van der Waals surface area (Å²) in [4.78, 5) is 28.5. The number of aryl methyl sites for hydroxylation is 2. The van der Waals surface area contributed by atoms with Crippen LogP contribution in [0.2, 0.25) is 0 Å². The first-order chi connectivity index (χ1) is 10.9. The Balaban J connectivity index is 2.08. The molecule has 0 atom stereocenters. The van der Waals surface area contributed by atoms with E-state index in [1.165, 1.54) is 10.6 Å². The lowest BCUT2D eigenvalue weighted by Crippen LogP contribution is -2.14. The Morgan fingerprint density at radius 3 is 2.35 bits per heavy atom. The fraction of sp³-hybridized carbons (Fsp3) is 0.333. The third-order valence-electron chi connectivity index (χ3n) is 3.22. The minimum Gasteiger partial charge on any atom is -0.477 e. The lowest BCUT2D eigenvalue weighted by molar-refractivity contribution is 0.0686. The standard InChI is InChI=1S/C15H20N4O4/c1-4-5-23-17-11-7-12(18(2)9-11)14(20)16-10-6-13(15(21)22)19(3)8-10/h6-9,17H,4-5H2,1-3H3,(H,16,20)(H,21,22). The van der Waals surface area contributed by atoms with Crippen LogP contribution in [0.1, 0.15) is 34.3 Å². The highest BCUT2D eigenvalue weighted by molar-refractivity contribution is 6.04. The smallest absolute Gasteiger partial charge is 0.352 e. The van der Waals surface area contributed by atoms with Gasteiger partial charge in [0.05, 0.1) is 18.0 Å². The fourth-order valence-electron chi connectivity index (χ4n) is 2.12. The number of aromatic nitrogens is 2. The molecule has 2 rings (SSSR count). The molecule has 0 aromatic carbocycles. The molecular formula is C15H20N4O4. The summed E-state index contributed by atoms with van der Waals surface area (Å²) in [5, 5.41) is 11.7. The Morgan fingerprint density at radius 2 is 1.74 bits per heavy atom. The molecule has 8 heteroatoms. The van der Waals surface area contributed by atoms with Gasteiger partial charge in [-0.15, -0.1) is 0 Å². The first-order valence-corrected chi connectivity index (χ1v) is 7.17. The molecule has 2 aromatic rings. The van der Waals surface area contributed by atoms with E-state index < -0.39 is 5.97 Å². The van der Waals surface area contributed by atoms with Gasteiger partial charge in [0.2, 0.25) is 0 Å². The van der Waals surface area contributed by atoms with Crippen molar-refractivity contribution in [3.8, 4) is 0 Å². The van der Waals surface area contributed by atoms with Gasteiger partial charge in [0.1, 0.15) is 11.4 Å². The van der Waals surface area contributed by atoms with E-state index in [0.29, 0.717) is 23.7 Å². The lowest BCUT2D eigenvalue weighted by atomic mass is 10.3. The minimum absolute atomic E-state index is 0.0995. The average Bonchev–Trinajstić information content (AvgIpc) is 3.02. The number of hydrogen-bond donors (Lipinski definition) is 3. The summed E-state index contributed by atoms with van der Waals surface area (Å²) >= 11 is 0. The molecule has 0 saturated carbocycles. The van der Waals surface area contributed by atoms with E-state index in [0.717, 1.165) is 6.42 Å². The molecule has 1 amide bonds. The van der Waals surface area contributed by atoms with E-state index in [9.17, 15) is 9.59 Å². The molecule has 0 unspecified atom stereocenters. The van der Waals surface area contributed by atoms with Crippen LogP contribution in [-0.4, -0.2) is 32.7 Å². The van der Waals surface area contributed by atoms with Crippen LogP contribution in [0.5, 0.6) is 0 Å². The van der Waals surface area contributed by atoms with Crippen LogP contribution in [0.15, 0.2) is 24.5 Å². The topological polar surface area (TPSA) is 97.5 Å². The van der Waals surface area contributed by atoms with Crippen molar-refractivity contribution in [2.75, 3.05) is 17.4 Å². The van der Waals surface area contributed by atoms with Crippen molar-refractivity contribution in [3.05, 3.63) is 35.9 Å². The molecule has 0 aliphatic heterocycles. The highest BCUT2D eigenvalue weighted by Gasteiger charge is 2.15. The Bertz CT molecular complexity index is 717. The van der Waals surface area contributed by atoms with Gasteiger partial charge in [0, 0.05) is 26.5 Å². The van der Waals surface area contributed by atoms with E-state index in [4.69, 9.17) is 9.94 Å². The fourth-order valence-corrected chi connectivity index (χ4v) is 2.12. The maximum Gasteiger partial charge on any atom is 0.352 e. The van der Waals surface area contributed by atoms with Crippen molar-refractivity contribution in [2.24, 2.45) is 14.1 Å². The molecule has 8 nitrogen and oxygen atoms in total. The number of carbonyl (C=O) groups is 2. The number of carboxylic acid groups (broad SMARTS) is 1. The number of amides is 1. The number of aromatic carboxylic acids is 1. The number of nitrogens with zero attached hydrogens (tertiary/aromatic N) is 2. The molecule has 0 aliphatic carbocycles. The van der Waals surface area contributed by atoms with Gasteiger partial charge in [-0.2, -0.15) is 0 Å². The molecule has 2 heterocycles. The molecule has 0 aliphatic rings. The van der Waals surface area contributed by atoms with Crippen LogP contribution in [0, 0.1) is 0 Å². The number of rotatable bonds is 7. The van der Waals surface area contributed by atoms with Crippen LogP contribution in [0.25, 0.3) is 0 Å². The molecule has 2 aromatic heterocycles. The maximum atomic E-state index is 12.3. The average molecular weight is 320 g/mol. The van der Waals surface area contributed by atoms with E-state index >= 15 is 0 Å². The largest absolute Gasteiger partial charge is 0.477 e. The first kappa shape index (κ1) is 16.6. The SMILES string of the molecule is CCCONc1cc(C(=O)Nc2cc(C(=O)O)n(C)c2)n(C)c1. The second-order valence-electron chi connectivity index (χ2n) is 5.16. The number of carboxylic acids is 1. The summed E-state index contributed by atoms with van der Waals surface area (Å²) in [6.07, 6.45) is 4.17. The summed E-state index contributed by atoms with van der Waals surface area (Å²) in [5.74, 6) is -1.38. The monoisotopic (exact) mass is 320 g/mol. The molecule has 3 N–H and O–H groups in total. The van der Waals surface area contributed by atoms with E-state index in [1.54, 1.807) is 37.1 Å². The van der Waals surface area contributed by atoms with Crippen molar-refractivity contribution in [2.45, 2.75) is 13.3 Å². The molecule has 23 heavy (non-hydrogen) atoms. The Morgan fingerprint density at radius 1 is 1.13 bits per heavy atom. The maximum absolute atomic E-state index is 12.3. The molecule has 0 saturated heterocycles.